The van der Waals surface area contributed by atoms with Crippen molar-refractivity contribution in [1.29, 1.82) is 0 Å². The first-order chi connectivity index (χ1) is 11.0. The Kier molecular flexibility index (Phi) is 6.13. The minimum atomic E-state index is -0.992. The molecule has 0 bridgehead atoms. The average molecular weight is 319 g/mol. The van der Waals surface area contributed by atoms with Crippen molar-refractivity contribution in [2.24, 2.45) is 5.92 Å². The van der Waals surface area contributed by atoms with Crippen LogP contribution in [0.2, 0.25) is 0 Å². The normalized spacial score (nSPS) is 23.6. The van der Waals surface area contributed by atoms with Gasteiger partial charge >= 0.3 is 5.97 Å². The van der Waals surface area contributed by atoms with Crippen molar-refractivity contribution in [3.05, 3.63) is 24.4 Å². The minimum Gasteiger partial charge on any atom is -0.451 e. The highest BCUT2D eigenvalue weighted by molar-refractivity contribution is 5.94. The summed E-state index contributed by atoms with van der Waals surface area (Å²) < 4.78 is 5.43. The lowest BCUT2D eigenvalue weighted by atomic mass is 9.89. The molecule has 0 aliphatic carbocycles. The van der Waals surface area contributed by atoms with E-state index in [2.05, 4.69) is 17.2 Å². The fourth-order valence-electron chi connectivity index (χ4n) is 2.97. The first kappa shape index (κ1) is 17.4. The number of ketones is 1. The Morgan fingerprint density at radius 3 is 2.91 bits per heavy atom. The summed E-state index contributed by atoms with van der Waals surface area (Å²) in [6.07, 6.45) is 7.63. The van der Waals surface area contributed by atoms with E-state index in [0.29, 0.717) is 6.42 Å². The van der Waals surface area contributed by atoms with Crippen LogP contribution in [0.1, 0.15) is 52.4 Å². The van der Waals surface area contributed by atoms with Crippen molar-refractivity contribution < 1.29 is 19.3 Å². The quantitative estimate of drug-likeness (QED) is 0.561. The topological polar surface area (TPSA) is 69.5 Å². The van der Waals surface area contributed by atoms with Gasteiger partial charge in [-0.15, -0.1) is 0 Å². The smallest absolute Gasteiger partial charge is 0.310 e. The van der Waals surface area contributed by atoms with Crippen molar-refractivity contribution >= 4 is 17.6 Å². The summed E-state index contributed by atoms with van der Waals surface area (Å²) >= 11 is 0. The number of Topliss-reactive ketones (excluding diaryl/α,β-unsaturated/α-hetero) is 1. The molecule has 126 valence electrons. The van der Waals surface area contributed by atoms with E-state index in [1.165, 1.54) is 12.8 Å². The first-order valence-corrected chi connectivity index (χ1v) is 8.52. The average Bonchev–Trinajstić information content (AvgIpc) is 2.85. The number of cyclic esters (lactones) is 1. The number of hydrogen-bond donors (Lipinski definition) is 1. The number of unbranched alkanes of at least 4 members (excludes halogenated alkanes) is 3. The van der Waals surface area contributed by atoms with Gasteiger partial charge in [0.15, 0.2) is 5.60 Å². The number of esters is 1. The van der Waals surface area contributed by atoms with Crippen LogP contribution in [0, 0.1) is 5.92 Å². The number of pyridine rings is 1. The van der Waals surface area contributed by atoms with Crippen LogP contribution in [-0.4, -0.2) is 23.9 Å². The molecule has 5 nitrogen and oxygen atoms in total. The van der Waals surface area contributed by atoms with Gasteiger partial charge < -0.3 is 4.74 Å². The van der Waals surface area contributed by atoms with E-state index in [9.17, 15) is 9.59 Å². The molecule has 0 unspecified atom stereocenters. The number of carbonyl (C=O) groups excluding carboxylic acids is 2. The van der Waals surface area contributed by atoms with Gasteiger partial charge in [0.05, 0.1) is 12.1 Å². The van der Waals surface area contributed by atoms with Crippen LogP contribution in [0.4, 0.5) is 5.82 Å². The van der Waals surface area contributed by atoms with Gasteiger partial charge in [-0.25, -0.2) is 4.98 Å². The minimum absolute atomic E-state index is 0.0841. The third-order valence-electron chi connectivity index (χ3n) is 4.44. The maximum atomic E-state index is 12.5. The molecule has 1 aliphatic heterocycles. The molecule has 2 rings (SSSR count). The number of nitrogens with one attached hydrogen (secondary N) is 2. The van der Waals surface area contributed by atoms with Crippen molar-refractivity contribution in [1.82, 2.24) is 0 Å². The number of aromatic nitrogens is 1. The lowest BCUT2D eigenvalue weighted by molar-refractivity contribution is -0.361. The second-order valence-electron chi connectivity index (χ2n) is 6.46. The zero-order valence-corrected chi connectivity index (χ0v) is 14.1. The molecular weight excluding hydrogens is 292 g/mol. The molecule has 23 heavy (non-hydrogen) atoms. The predicted molar refractivity (Wildman–Crippen MR) is 87.9 cm³/mol. The van der Waals surface area contributed by atoms with Crippen LogP contribution >= 0.6 is 0 Å². The molecule has 2 N–H and O–H groups in total. The van der Waals surface area contributed by atoms with E-state index in [1.807, 2.05) is 18.2 Å². The highest BCUT2D eigenvalue weighted by Gasteiger charge is 2.48. The molecule has 1 aromatic rings. The summed E-state index contributed by atoms with van der Waals surface area (Å²) in [5.74, 6) is 0.330. The van der Waals surface area contributed by atoms with Crippen LogP contribution in [0.15, 0.2) is 24.4 Å². The Morgan fingerprint density at radius 2 is 2.22 bits per heavy atom. The number of aromatic amines is 1. The summed E-state index contributed by atoms with van der Waals surface area (Å²) in [4.78, 5) is 27.5. The van der Waals surface area contributed by atoms with Crippen LogP contribution in [0.3, 0.4) is 0 Å². The second-order valence-corrected chi connectivity index (χ2v) is 6.46. The molecular formula is C18H27N2O3+. The van der Waals surface area contributed by atoms with Gasteiger partial charge in [0.25, 0.3) is 5.82 Å². The van der Waals surface area contributed by atoms with Gasteiger partial charge in [0.1, 0.15) is 6.54 Å². The third-order valence-corrected chi connectivity index (χ3v) is 4.44. The number of rotatable bonds is 9. The molecule has 1 fully saturated rings. The van der Waals surface area contributed by atoms with Gasteiger partial charge in [-0.2, -0.15) is 0 Å². The molecule has 1 saturated heterocycles. The van der Waals surface area contributed by atoms with Crippen LogP contribution in [0.25, 0.3) is 0 Å². The number of anilines is 1. The Bertz CT molecular complexity index is 532. The Balaban J connectivity index is 1.83. The summed E-state index contributed by atoms with van der Waals surface area (Å²) in [6.45, 7) is 4.04. The number of carbonyl (C=O) groups is 2. The van der Waals surface area contributed by atoms with Gasteiger partial charge in [0.2, 0.25) is 5.78 Å². The van der Waals surface area contributed by atoms with Crippen molar-refractivity contribution in [2.75, 3.05) is 11.9 Å². The van der Waals surface area contributed by atoms with E-state index in [0.717, 1.165) is 25.1 Å². The van der Waals surface area contributed by atoms with Gasteiger partial charge in [0, 0.05) is 12.5 Å². The largest absolute Gasteiger partial charge is 0.451 e. The Hall–Kier alpha value is -1.91. The fourth-order valence-corrected chi connectivity index (χ4v) is 2.97. The standard InChI is InChI=1S/C18H26N2O3/c1-3-4-5-6-9-14-12-18(2,23-17(14)22)15(21)13-20-16-10-7-8-11-19-16/h7-8,10-11,14H,3-6,9,12-13H2,1-2H3,(H,19,20)/p+1/t14-,18-/m1/s1. The molecule has 5 heteroatoms. The summed E-state index contributed by atoms with van der Waals surface area (Å²) in [6, 6.07) is 5.61. The third kappa shape index (κ3) is 4.78. The highest BCUT2D eigenvalue weighted by Crippen LogP contribution is 2.34. The summed E-state index contributed by atoms with van der Waals surface area (Å²) in [5.41, 5.74) is -0.992. The molecule has 0 amide bonds. The molecule has 2 atom stereocenters. The van der Waals surface area contributed by atoms with Gasteiger partial charge in [-0.1, -0.05) is 38.7 Å². The molecule has 1 aromatic heterocycles. The first-order valence-electron chi connectivity index (χ1n) is 8.52. The fraction of sp³-hybridized carbons (Fsp3) is 0.611. The van der Waals surface area contributed by atoms with Crippen molar-refractivity contribution in [3.63, 3.8) is 0 Å². The monoisotopic (exact) mass is 319 g/mol. The second kappa shape index (κ2) is 8.09. The van der Waals surface area contributed by atoms with Crippen molar-refractivity contribution in [3.8, 4) is 0 Å². The van der Waals surface area contributed by atoms with E-state index in [1.54, 1.807) is 13.1 Å². The molecule has 2 heterocycles. The maximum Gasteiger partial charge on any atom is 0.310 e. The molecule has 1 aliphatic rings. The van der Waals surface area contributed by atoms with E-state index >= 15 is 0 Å². The lowest BCUT2D eigenvalue weighted by Gasteiger charge is -2.19. The number of H-pyrrole nitrogens is 1. The zero-order valence-electron chi connectivity index (χ0n) is 14.1. The van der Waals surface area contributed by atoms with Crippen LogP contribution < -0.4 is 10.3 Å². The lowest BCUT2D eigenvalue weighted by Crippen LogP contribution is -2.39. The predicted octanol–water partition coefficient (Wildman–Crippen LogP) is 2.77. The number of ether oxygens (including phenoxy) is 1. The number of hydrogen-bond acceptors (Lipinski definition) is 4. The van der Waals surface area contributed by atoms with Gasteiger partial charge in [-0.05, 0) is 19.4 Å². The van der Waals surface area contributed by atoms with Gasteiger partial charge in [-0.3, -0.25) is 14.9 Å². The van der Waals surface area contributed by atoms with E-state index < -0.39 is 5.60 Å². The van der Waals surface area contributed by atoms with E-state index in [-0.39, 0.29) is 24.2 Å². The molecule has 0 saturated carbocycles. The Morgan fingerprint density at radius 1 is 1.39 bits per heavy atom. The maximum absolute atomic E-state index is 12.5. The van der Waals surface area contributed by atoms with Crippen LogP contribution in [-0.2, 0) is 14.3 Å². The molecule has 0 aromatic carbocycles. The van der Waals surface area contributed by atoms with Crippen molar-refractivity contribution in [2.45, 2.75) is 58.0 Å². The highest BCUT2D eigenvalue weighted by atomic mass is 16.6. The summed E-state index contributed by atoms with van der Waals surface area (Å²) in [5, 5.41) is 3.04. The zero-order chi connectivity index (χ0) is 16.7. The molecule has 0 radical (unpaired) electrons. The SMILES string of the molecule is CCCCCC[C@@H]1C[C@](C)(C(=O)CNc2cccc[nH+]2)OC1=O. The van der Waals surface area contributed by atoms with Crippen LogP contribution in [0.5, 0.6) is 0 Å². The summed E-state index contributed by atoms with van der Waals surface area (Å²) in [7, 11) is 0. The van der Waals surface area contributed by atoms with E-state index in [4.69, 9.17) is 4.74 Å². The Labute approximate surface area is 137 Å². The molecule has 0 spiro atoms.